The van der Waals surface area contributed by atoms with E-state index in [-0.39, 0.29) is 18.6 Å². The van der Waals surface area contributed by atoms with E-state index in [1.165, 1.54) is 12.1 Å². The highest BCUT2D eigenvalue weighted by Gasteiger charge is 2.31. The van der Waals surface area contributed by atoms with Gasteiger partial charge in [-0.3, -0.25) is 4.79 Å². The smallest absolute Gasteiger partial charge is 0.481 e. The Hall–Kier alpha value is -1.43. The first-order valence-electron chi connectivity index (χ1n) is 4.99. The van der Waals surface area contributed by atoms with Crippen molar-refractivity contribution in [1.82, 2.24) is 0 Å². The van der Waals surface area contributed by atoms with Crippen LogP contribution in [0.25, 0.3) is 0 Å². The van der Waals surface area contributed by atoms with Gasteiger partial charge in [0.15, 0.2) is 0 Å². The van der Waals surface area contributed by atoms with Crippen molar-refractivity contribution >= 4 is 17.6 Å². The fourth-order valence-electron chi connectivity index (χ4n) is 1.30. The monoisotopic (exact) mass is 282 g/mol. The van der Waals surface area contributed by atoms with Crippen molar-refractivity contribution < 1.29 is 27.8 Å². The Morgan fingerprint density at radius 1 is 1.33 bits per heavy atom. The van der Waals surface area contributed by atoms with Crippen molar-refractivity contribution in [3.05, 3.63) is 29.8 Å². The fraction of sp³-hybridized carbons (Fsp3) is 0.364. The molecule has 1 unspecified atom stereocenters. The molecule has 0 aliphatic heterocycles. The van der Waals surface area contributed by atoms with Crippen molar-refractivity contribution in [3.8, 4) is 5.75 Å². The molecule has 0 radical (unpaired) electrons. The molecule has 0 fully saturated rings. The lowest BCUT2D eigenvalue weighted by Crippen LogP contribution is -2.17. The number of rotatable bonds is 5. The molecule has 18 heavy (non-hydrogen) atoms. The van der Waals surface area contributed by atoms with E-state index in [0.717, 1.165) is 12.1 Å². The predicted molar refractivity (Wildman–Crippen MR) is 58.6 cm³/mol. The number of alkyl halides is 4. The molecule has 1 rings (SSSR count). The first kappa shape index (κ1) is 14.6. The van der Waals surface area contributed by atoms with Crippen molar-refractivity contribution in [2.75, 3.05) is 0 Å². The Balaban J connectivity index is 2.62. The van der Waals surface area contributed by atoms with Gasteiger partial charge >= 0.3 is 12.3 Å². The van der Waals surface area contributed by atoms with Crippen molar-refractivity contribution in [2.24, 2.45) is 0 Å². The summed E-state index contributed by atoms with van der Waals surface area (Å²) in [7, 11) is 0. The molecule has 0 saturated carbocycles. The van der Waals surface area contributed by atoms with Gasteiger partial charge in [-0.1, -0.05) is 12.1 Å². The predicted octanol–water partition coefficient (Wildman–Crippen LogP) is 3.73. The largest absolute Gasteiger partial charge is 0.573 e. The summed E-state index contributed by atoms with van der Waals surface area (Å²) >= 11 is 5.91. The number of benzene rings is 1. The van der Waals surface area contributed by atoms with E-state index < -0.39 is 17.7 Å². The lowest BCUT2D eigenvalue weighted by molar-refractivity contribution is -0.274. The molecular weight excluding hydrogens is 273 g/mol. The Labute approximate surface area is 106 Å². The molecule has 0 heterocycles. The molecule has 1 aromatic carbocycles. The van der Waals surface area contributed by atoms with E-state index in [0.29, 0.717) is 5.56 Å². The molecule has 0 spiro atoms. The van der Waals surface area contributed by atoms with Gasteiger partial charge in [-0.2, -0.15) is 0 Å². The lowest BCUT2D eigenvalue weighted by atomic mass is 10.1. The molecule has 0 aliphatic carbocycles. The third kappa shape index (κ3) is 5.27. The standard InChI is InChI=1S/C11H10ClF3O3/c12-9(5-6-10(16)17)7-1-3-8(4-2-7)18-11(13,14)15/h1-4,9H,5-6H2,(H,16,17). The number of carboxylic acid groups (broad SMARTS) is 1. The van der Waals surface area contributed by atoms with Crippen LogP contribution in [0.4, 0.5) is 13.2 Å². The fourth-order valence-corrected chi connectivity index (χ4v) is 1.55. The maximum Gasteiger partial charge on any atom is 0.573 e. The van der Waals surface area contributed by atoms with Gasteiger partial charge < -0.3 is 9.84 Å². The van der Waals surface area contributed by atoms with Crippen LogP contribution in [0, 0.1) is 0 Å². The topological polar surface area (TPSA) is 46.5 Å². The second-order valence-electron chi connectivity index (χ2n) is 3.52. The molecule has 3 nitrogen and oxygen atoms in total. The first-order chi connectivity index (χ1) is 8.28. The molecule has 0 amide bonds. The highest BCUT2D eigenvalue weighted by atomic mass is 35.5. The van der Waals surface area contributed by atoms with E-state index in [1.807, 2.05) is 0 Å². The van der Waals surface area contributed by atoms with Crippen LogP contribution in [0.3, 0.4) is 0 Å². The zero-order chi connectivity index (χ0) is 13.8. The summed E-state index contributed by atoms with van der Waals surface area (Å²) in [5, 5.41) is 7.92. The lowest BCUT2D eigenvalue weighted by Gasteiger charge is -2.11. The van der Waals surface area contributed by atoms with Gasteiger partial charge in [-0.05, 0) is 24.1 Å². The van der Waals surface area contributed by atoms with Crippen molar-refractivity contribution in [3.63, 3.8) is 0 Å². The number of carboxylic acids is 1. The van der Waals surface area contributed by atoms with Gasteiger partial charge in [0.2, 0.25) is 0 Å². The second kappa shape index (κ2) is 5.95. The maximum absolute atomic E-state index is 11.9. The minimum absolute atomic E-state index is 0.102. The van der Waals surface area contributed by atoms with Gasteiger partial charge in [0, 0.05) is 6.42 Å². The molecule has 0 aliphatic rings. The van der Waals surface area contributed by atoms with Crippen LogP contribution in [-0.2, 0) is 4.79 Å². The van der Waals surface area contributed by atoms with E-state index in [4.69, 9.17) is 16.7 Å². The normalized spacial score (nSPS) is 13.1. The summed E-state index contributed by atoms with van der Waals surface area (Å²) in [6, 6.07) is 5.03. The molecule has 0 bridgehead atoms. The summed E-state index contributed by atoms with van der Waals surface area (Å²) in [5.74, 6) is -1.31. The molecule has 100 valence electrons. The van der Waals surface area contributed by atoms with Gasteiger partial charge in [-0.25, -0.2) is 0 Å². The molecule has 1 N–H and O–H groups in total. The molecule has 0 aromatic heterocycles. The first-order valence-corrected chi connectivity index (χ1v) is 5.43. The Bertz CT molecular complexity index is 403. The van der Waals surface area contributed by atoms with Gasteiger partial charge in [0.1, 0.15) is 5.75 Å². The third-order valence-electron chi connectivity index (χ3n) is 2.09. The SMILES string of the molecule is O=C(O)CCC(Cl)c1ccc(OC(F)(F)F)cc1. The highest BCUT2D eigenvalue weighted by Crippen LogP contribution is 2.29. The number of aliphatic carboxylic acids is 1. The van der Waals surface area contributed by atoms with E-state index in [2.05, 4.69) is 4.74 Å². The summed E-state index contributed by atoms with van der Waals surface area (Å²) in [6.07, 6.45) is -4.63. The van der Waals surface area contributed by atoms with Crippen LogP contribution in [0.2, 0.25) is 0 Å². The van der Waals surface area contributed by atoms with Crippen LogP contribution in [0.5, 0.6) is 5.75 Å². The number of ether oxygens (including phenoxy) is 1. The summed E-state index contributed by atoms with van der Waals surface area (Å²) in [4.78, 5) is 10.3. The summed E-state index contributed by atoms with van der Waals surface area (Å²) < 4.78 is 39.4. The Morgan fingerprint density at radius 2 is 1.89 bits per heavy atom. The van der Waals surface area contributed by atoms with Crippen LogP contribution >= 0.6 is 11.6 Å². The van der Waals surface area contributed by atoms with Gasteiger partial charge in [0.05, 0.1) is 5.38 Å². The highest BCUT2D eigenvalue weighted by molar-refractivity contribution is 6.20. The number of carbonyl (C=O) groups is 1. The molecular formula is C11H10ClF3O3. The second-order valence-corrected chi connectivity index (χ2v) is 4.04. The molecule has 1 atom stereocenters. The zero-order valence-electron chi connectivity index (χ0n) is 9.08. The van der Waals surface area contributed by atoms with Crippen molar-refractivity contribution in [2.45, 2.75) is 24.6 Å². The number of halogens is 4. The summed E-state index contributed by atoms with van der Waals surface area (Å²) in [5.41, 5.74) is 0.549. The number of hydrogen-bond acceptors (Lipinski definition) is 2. The van der Waals surface area contributed by atoms with Crippen LogP contribution in [-0.4, -0.2) is 17.4 Å². The summed E-state index contributed by atoms with van der Waals surface area (Å²) in [6.45, 7) is 0. The minimum atomic E-state index is -4.73. The third-order valence-corrected chi connectivity index (χ3v) is 2.56. The van der Waals surface area contributed by atoms with Crippen molar-refractivity contribution in [1.29, 1.82) is 0 Å². The average molecular weight is 283 g/mol. The van der Waals surface area contributed by atoms with Crippen LogP contribution < -0.4 is 4.74 Å². The average Bonchev–Trinajstić information content (AvgIpc) is 2.24. The minimum Gasteiger partial charge on any atom is -0.481 e. The van der Waals surface area contributed by atoms with Gasteiger partial charge in [0.25, 0.3) is 0 Å². The van der Waals surface area contributed by atoms with E-state index >= 15 is 0 Å². The zero-order valence-corrected chi connectivity index (χ0v) is 9.83. The van der Waals surface area contributed by atoms with E-state index in [1.54, 1.807) is 0 Å². The Kier molecular flexibility index (Phi) is 4.84. The van der Waals surface area contributed by atoms with Gasteiger partial charge in [-0.15, -0.1) is 24.8 Å². The number of hydrogen-bond donors (Lipinski definition) is 1. The van der Waals surface area contributed by atoms with E-state index in [9.17, 15) is 18.0 Å². The Morgan fingerprint density at radius 3 is 2.33 bits per heavy atom. The van der Waals surface area contributed by atoms with Crippen LogP contribution in [0.15, 0.2) is 24.3 Å². The molecule has 0 saturated heterocycles. The quantitative estimate of drug-likeness (QED) is 0.837. The molecule has 7 heteroatoms. The maximum atomic E-state index is 11.9. The molecule has 1 aromatic rings. The van der Waals surface area contributed by atoms with Crippen LogP contribution in [0.1, 0.15) is 23.8 Å².